The highest BCUT2D eigenvalue weighted by Crippen LogP contribution is 2.28. The van der Waals surface area contributed by atoms with Crippen molar-refractivity contribution in [2.45, 2.75) is 32.2 Å². The summed E-state index contributed by atoms with van der Waals surface area (Å²) in [7, 11) is 1.73. The molecule has 20 heavy (non-hydrogen) atoms. The summed E-state index contributed by atoms with van der Waals surface area (Å²) in [6.45, 7) is 2.24. The number of hydrogen-bond acceptors (Lipinski definition) is 2. The van der Waals surface area contributed by atoms with Crippen molar-refractivity contribution >= 4 is 5.69 Å². The molecule has 1 aliphatic rings. The third-order valence-corrected chi connectivity index (χ3v) is 4.01. The fraction of sp³-hybridized carbons (Fsp3) is 0.333. The van der Waals surface area contributed by atoms with Crippen LogP contribution in [0.25, 0.3) is 0 Å². The molecule has 0 saturated heterocycles. The molecule has 0 bridgehead atoms. The molecular weight excluding hydrogens is 246 g/mol. The normalized spacial score (nSPS) is 17.2. The van der Waals surface area contributed by atoms with Crippen molar-refractivity contribution in [3.8, 4) is 5.75 Å². The Morgan fingerprint density at radius 2 is 2.05 bits per heavy atom. The highest BCUT2D eigenvalue weighted by molar-refractivity contribution is 5.55. The molecule has 2 nitrogen and oxygen atoms in total. The zero-order valence-electron chi connectivity index (χ0n) is 12.1. The van der Waals surface area contributed by atoms with Crippen LogP contribution in [0.4, 0.5) is 5.69 Å². The molecule has 1 N–H and O–H groups in total. The number of para-hydroxylation sites is 1. The van der Waals surface area contributed by atoms with E-state index in [1.54, 1.807) is 7.11 Å². The Labute approximate surface area is 120 Å². The molecule has 2 aromatic rings. The van der Waals surface area contributed by atoms with Gasteiger partial charge in [0.15, 0.2) is 0 Å². The van der Waals surface area contributed by atoms with Crippen molar-refractivity contribution in [3.63, 3.8) is 0 Å². The van der Waals surface area contributed by atoms with E-state index in [2.05, 4.69) is 42.6 Å². The fourth-order valence-corrected chi connectivity index (χ4v) is 2.88. The van der Waals surface area contributed by atoms with Crippen LogP contribution >= 0.6 is 0 Å². The lowest BCUT2D eigenvalue weighted by Crippen LogP contribution is -2.21. The maximum atomic E-state index is 5.43. The quantitative estimate of drug-likeness (QED) is 0.906. The van der Waals surface area contributed by atoms with Crippen molar-refractivity contribution in [2.24, 2.45) is 0 Å². The van der Waals surface area contributed by atoms with Crippen LogP contribution < -0.4 is 10.1 Å². The number of aryl methyl sites for hydroxylation is 1. The summed E-state index contributed by atoms with van der Waals surface area (Å²) in [6.07, 6.45) is 3.31. The number of methoxy groups -OCH3 is 1. The van der Waals surface area contributed by atoms with Gasteiger partial charge in [-0.3, -0.25) is 0 Å². The Morgan fingerprint density at radius 3 is 2.90 bits per heavy atom. The van der Waals surface area contributed by atoms with Gasteiger partial charge in [-0.1, -0.05) is 30.3 Å². The van der Waals surface area contributed by atoms with E-state index in [1.165, 1.54) is 35.2 Å². The second-order valence-electron chi connectivity index (χ2n) is 5.56. The highest BCUT2D eigenvalue weighted by atomic mass is 16.5. The Balaban J connectivity index is 1.85. The van der Waals surface area contributed by atoms with E-state index in [9.17, 15) is 0 Å². The number of benzene rings is 2. The first kappa shape index (κ1) is 13.0. The minimum Gasteiger partial charge on any atom is -0.496 e. The van der Waals surface area contributed by atoms with Gasteiger partial charge >= 0.3 is 0 Å². The minimum absolute atomic E-state index is 0.586. The van der Waals surface area contributed by atoms with Gasteiger partial charge < -0.3 is 10.1 Å². The van der Waals surface area contributed by atoms with Gasteiger partial charge in [-0.2, -0.15) is 0 Å². The van der Waals surface area contributed by atoms with Crippen LogP contribution in [0.3, 0.4) is 0 Å². The lowest BCUT2D eigenvalue weighted by Gasteiger charge is -2.24. The van der Waals surface area contributed by atoms with Gasteiger partial charge in [0.05, 0.1) is 7.11 Å². The standard InChI is InChI=1S/C18H21NO/c1-13-7-9-15-11-14(8-10-17(15)19-13)12-16-5-3-4-6-18(16)20-2/h3-6,8,10-11,13,19H,7,9,12H2,1-2H3. The summed E-state index contributed by atoms with van der Waals surface area (Å²) in [5.74, 6) is 0.969. The lowest BCUT2D eigenvalue weighted by molar-refractivity contribution is 0.410. The smallest absolute Gasteiger partial charge is 0.122 e. The van der Waals surface area contributed by atoms with Crippen molar-refractivity contribution < 1.29 is 4.74 Å². The van der Waals surface area contributed by atoms with Crippen molar-refractivity contribution in [3.05, 3.63) is 59.2 Å². The van der Waals surface area contributed by atoms with Gasteiger partial charge in [0, 0.05) is 18.2 Å². The summed E-state index contributed by atoms with van der Waals surface area (Å²) in [5.41, 5.74) is 5.33. The third kappa shape index (κ3) is 2.64. The highest BCUT2D eigenvalue weighted by Gasteiger charge is 2.14. The average Bonchev–Trinajstić information content (AvgIpc) is 2.48. The number of nitrogens with one attached hydrogen (secondary N) is 1. The number of anilines is 1. The van der Waals surface area contributed by atoms with E-state index >= 15 is 0 Å². The molecule has 0 aromatic heterocycles. The summed E-state index contributed by atoms with van der Waals surface area (Å²) in [5, 5.41) is 3.55. The number of rotatable bonds is 3. The molecule has 1 unspecified atom stereocenters. The zero-order chi connectivity index (χ0) is 13.9. The summed E-state index contributed by atoms with van der Waals surface area (Å²) >= 11 is 0. The Bertz CT molecular complexity index is 606. The van der Waals surface area contributed by atoms with E-state index in [1.807, 2.05) is 12.1 Å². The van der Waals surface area contributed by atoms with E-state index < -0.39 is 0 Å². The van der Waals surface area contributed by atoms with Crippen LogP contribution in [0.2, 0.25) is 0 Å². The zero-order valence-corrected chi connectivity index (χ0v) is 12.1. The number of ether oxygens (including phenoxy) is 1. The van der Waals surface area contributed by atoms with Gasteiger partial charge in [0.2, 0.25) is 0 Å². The van der Waals surface area contributed by atoms with E-state index in [0.717, 1.165) is 12.2 Å². The SMILES string of the molecule is COc1ccccc1Cc1ccc2c(c1)CCC(C)N2. The second kappa shape index (κ2) is 5.58. The predicted molar refractivity (Wildman–Crippen MR) is 83.6 cm³/mol. The minimum atomic E-state index is 0.586. The maximum Gasteiger partial charge on any atom is 0.122 e. The largest absolute Gasteiger partial charge is 0.496 e. The molecular formula is C18H21NO. The van der Waals surface area contributed by atoms with Gasteiger partial charge in [0.25, 0.3) is 0 Å². The predicted octanol–water partition coefficient (Wildman–Crippen LogP) is 4.03. The Morgan fingerprint density at radius 1 is 1.20 bits per heavy atom. The van der Waals surface area contributed by atoms with Crippen LogP contribution in [-0.2, 0) is 12.8 Å². The molecule has 0 saturated carbocycles. The average molecular weight is 267 g/mol. The first-order valence-corrected chi connectivity index (χ1v) is 7.26. The number of hydrogen-bond donors (Lipinski definition) is 1. The van der Waals surface area contributed by atoms with Crippen molar-refractivity contribution in [1.29, 1.82) is 0 Å². The molecule has 0 radical (unpaired) electrons. The molecule has 1 aliphatic heterocycles. The van der Waals surface area contributed by atoms with Crippen LogP contribution in [0.5, 0.6) is 5.75 Å². The maximum absolute atomic E-state index is 5.43. The monoisotopic (exact) mass is 267 g/mol. The fourth-order valence-electron chi connectivity index (χ4n) is 2.88. The molecule has 104 valence electrons. The second-order valence-corrected chi connectivity index (χ2v) is 5.56. The molecule has 2 heteroatoms. The van der Waals surface area contributed by atoms with Crippen LogP contribution in [-0.4, -0.2) is 13.2 Å². The third-order valence-electron chi connectivity index (χ3n) is 4.01. The Hall–Kier alpha value is -1.96. The van der Waals surface area contributed by atoms with Crippen LogP contribution in [0.1, 0.15) is 30.0 Å². The first-order chi connectivity index (χ1) is 9.76. The summed E-state index contributed by atoms with van der Waals surface area (Å²) < 4.78 is 5.43. The van der Waals surface area contributed by atoms with Crippen molar-refractivity contribution in [1.82, 2.24) is 0 Å². The molecule has 2 aromatic carbocycles. The molecule has 0 spiro atoms. The Kier molecular flexibility index (Phi) is 3.64. The van der Waals surface area contributed by atoms with Crippen molar-refractivity contribution in [2.75, 3.05) is 12.4 Å². The molecule has 3 rings (SSSR count). The number of fused-ring (bicyclic) bond motifs is 1. The molecule has 1 atom stereocenters. The van der Waals surface area contributed by atoms with Gasteiger partial charge in [-0.15, -0.1) is 0 Å². The molecule has 0 amide bonds. The van der Waals surface area contributed by atoms with Gasteiger partial charge in [-0.25, -0.2) is 0 Å². The van der Waals surface area contributed by atoms with Crippen LogP contribution in [0, 0.1) is 0 Å². The summed E-state index contributed by atoms with van der Waals surface area (Å²) in [4.78, 5) is 0. The van der Waals surface area contributed by atoms with E-state index in [-0.39, 0.29) is 0 Å². The summed E-state index contributed by atoms with van der Waals surface area (Å²) in [6, 6.07) is 15.6. The molecule has 0 aliphatic carbocycles. The molecule has 1 heterocycles. The lowest BCUT2D eigenvalue weighted by atomic mass is 9.95. The van der Waals surface area contributed by atoms with Gasteiger partial charge in [0.1, 0.15) is 5.75 Å². The van der Waals surface area contributed by atoms with E-state index in [0.29, 0.717) is 6.04 Å². The van der Waals surface area contributed by atoms with Crippen LogP contribution in [0.15, 0.2) is 42.5 Å². The van der Waals surface area contributed by atoms with E-state index in [4.69, 9.17) is 4.74 Å². The first-order valence-electron chi connectivity index (χ1n) is 7.26. The molecule has 0 fully saturated rings. The topological polar surface area (TPSA) is 21.3 Å². The van der Waals surface area contributed by atoms with Gasteiger partial charge in [-0.05, 0) is 48.6 Å².